The van der Waals surface area contributed by atoms with E-state index >= 15 is 0 Å². The number of rotatable bonds is 3. The maximum atomic E-state index is 13.4. The van der Waals surface area contributed by atoms with E-state index in [0.29, 0.717) is 6.54 Å². The standard InChI is InChI=1S/C14H11FN2S2/c15-11-3-1-2-9(6-11)14-13(10-4-5-18-8-10)17-12(7-16)19-14/h1-6,8H,7,16H2. The fourth-order valence-corrected chi connectivity index (χ4v) is 3.47. The molecule has 0 amide bonds. The molecule has 0 spiro atoms. The fourth-order valence-electron chi connectivity index (χ4n) is 1.87. The van der Waals surface area contributed by atoms with E-state index < -0.39 is 0 Å². The van der Waals surface area contributed by atoms with Gasteiger partial charge in [-0.15, -0.1) is 11.3 Å². The highest BCUT2D eigenvalue weighted by atomic mass is 32.1. The molecule has 0 saturated carbocycles. The van der Waals surface area contributed by atoms with E-state index in [9.17, 15) is 4.39 Å². The fraction of sp³-hybridized carbons (Fsp3) is 0.0714. The molecule has 0 radical (unpaired) electrons. The molecule has 0 fully saturated rings. The summed E-state index contributed by atoms with van der Waals surface area (Å²) in [6, 6.07) is 8.60. The lowest BCUT2D eigenvalue weighted by Gasteiger charge is -2.00. The molecular weight excluding hydrogens is 279 g/mol. The zero-order valence-electron chi connectivity index (χ0n) is 9.97. The van der Waals surface area contributed by atoms with E-state index in [1.165, 1.54) is 23.5 Å². The first kappa shape index (κ1) is 12.5. The van der Waals surface area contributed by atoms with Gasteiger partial charge in [0.1, 0.15) is 10.8 Å². The molecule has 3 aromatic rings. The largest absolute Gasteiger partial charge is 0.325 e. The highest BCUT2D eigenvalue weighted by molar-refractivity contribution is 7.15. The van der Waals surface area contributed by atoms with Gasteiger partial charge in [0.05, 0.1) is 10.6 Å². The van der Waals surface area contributed by atoms with Crippen molar-refractivity contribution in [2.45, 2.75) is 6.54 Å². The Morgan fingerprint density at radius 1 is 1.21 bits per heavy atom. The van der Waals surface area contributed by atoms with Crippen LogP contribution in [0.1, 0.15) is 5.01 Å². The van der Waals surface area contributed by atoms with E-state index in [1.807, 2.05) is 22.9 Å². The third kappa shape index (κ3) is 2.45. The monoisotopic (exact) mass is 290 g/mol. The zero-order chi connectivity index (χ0) is 13.2. The summed E-state index contributed by atoms with van der Waals surface area (Å²) in [5, 5.41) is 4.91. The van der Waals surface area contributed by atoms with Gasteiger partial charge in [0.25, 0.3) is 0 Å². The summed E-state index contributed by atoms with van der Waals surface area (Å²) in [4.78, 5) is 5.53. The summed E-state index contributed by atoms with van der Waals surface area (Å²) in [6.07, 6.45) is 0. The molecule has 0 aliphatic carbocycles. The lowest BCUT2D eigenvalue weighted by Crippen LogP contribution is -1.94. The number of thiazole rings is 1. The highest BCUT2D eigenvalue weighted by Crippen LogP contribution is 2.37. The number of hydrogen-bond donors (Lipinski definition) is 1. The first-order chi connectivity index (χ1) is 9.28. The van der Waals surface area contributed by atoms with Crippen LogP contribution in [0.15, 0.2) is 41.1 Å². The van der Waals surface area contributed by atoms with Gasteiger partial charge in [0.15, 0.2) is 0 Å². The first-order valence-electron chi connectivity index (χ1n) is 5.76. The van der Waals surface area contributed by atoms with Gasteiger partial charge in [-0.05, 0) is 29.1 Å². The maximum absolute atomic E-state index is 13.4. The first-order valence-corrected chi connectivity index (χ1v) is 7.52. The van der Waals surface area contributed by atoms with Gasteiger partial charge in [0.2, 0.25) is 0 Å². The van der Waals surface area contributed by atoms with Gasteiger partial charge >= 0.3 is 0 Å². The topological polar surface area (TPSA) is 38.9 Å². The van der Waals surface area contributed by atoms with Gasteiger partial charge in [-0.1, -0.05) is 12.1 Å². The lowest BCUT2D eigenvalue weighted by atomic mass is 10.1. The van der Waals surface area contributed by atoms with Crippen molar-refractivity contribution in [1.82, 2.24) is 4.98 Å². The molecule has 0 unspecified atom stereocenters. The molecule has 0 atom stereocenters. The van der Waals surface area contributed by atoms with Crippen LogP contribution in [-0.2, 0) is 6.54 Å². The summed E-state index contributed by atoms with van der Waals surface area (Å²) < 4.78 is 13.4. The summed E-state index contributed by atoms with van der Waals surface area (Å²) in [7, 11) is 0. The number of aromatic nitrogens is 1. The summed E-state index contributed by atoms with van der Waals surface area (Å²) in [6.45, 7) is 0.400. The number of thiophene rings is 1. The van der Waals surface area contributed by atoms with E-state index in [4.69, 9.17) is 5.73 Å². The SMILES string of the molecule is NCc1nc(-c2ccsc2)c(-c2cccc(F)c2)s1. The molecule has 96 valence electrons. The Morgan fingerprint density at radius 3 is 2.79 bits per heavy atom. The summed E-state index contributed by atoms with van der Waals surface area (Å²) in [5.41, 5.74) is 8.46. The number of hydrogen-bond acceptors (Lipinski definition) is 4. The highest BCUT2D eigenvalue weighted by Gasteiger charge is 2.14. The molecule has 0 aliphatic rings. The average Bonchev–Trinajstić information content (AvgIpc) is 3.07. The van der Waals surface area contributed by atoms with Crippen molar-refractivity contribution in [3.63, 3.8) is 0 Å². The zero-order valence-corrected chi connectivity index (χ0v) is 11.6. The Labute approximate surface area is 118 Å². The van der Waals surface area contributed by atoms with Gasteiger partial charge in [0, 0.05) is 17.5 Å². The van der Waals surface area contributed by atoms with Crippen LogP contribution in [0, 0.1) is 5.82 Å². The summed E-state index contributed by atoms with van der Waals surface area (Å²) in [5.74, 6) is -0.239. The van der Waals surface area contributed by atoms with Crippen molar-refractivity contribution in [1.29, 1.82) is 0 Å². The molecule has 0 saturated heterocycles. The van der Waals surface area contributed by atoms with Crippen LogP contribution in [0.3, 0.4) is 0 Å². The van der Waals surface area contributed by atoms with Crippen LogP contribution in [0.2, 0.25) is 0 Å². The Morgan fingerprint density at radius 2 is 2.11 bits per heavy atom. The van der Waals surface area contributed by atoms with Gasteiger partial charge in [-0.25, -0.2) is 9.37 Å². The molecule has 2 N–H and O–H groups in total. The van der Waals surface area contributed by atoms with Crippen molar-refractivity contribution >= 4 is 22.7 Å². The van der Waals surface area contributed by atoms with Gasteiger partial charge in [-0.3, -0.25) is 0 Å². The molecule has 2 nitrogen and oxygen atoms in total. The van der Waals surface area contributed by atoms with Crippen molar-refractivity contribution in [3.05, 3.63) is 51.9 Å². The molecule has 3 rings (SSSR count). The van der Waals surface area contributed by atoms with Crippen LogP contribution in [0.5, 0.6) is 0 Å². The molecule has 19 heavy (non-hydrogen) atoms. The van der Waals surface area contributed by atoms with Crippen molar-refractivity contribution in [2.75, 3.05) is 0 Å². The van der Waals surface area contributed by atoms with E-state index in [1.54, 1.807) is 17.4 Å². The third-order valence-electron chi connectivity index (χ3n) is 2.73. The van der Waals surface area contributed by atoms with Crippen molar-refractivity contribution in [2.24, 2.45) is 5.73 Å². The van der Waals surface area contributed by atoms with Crippen molar-refractivity contribution in [3.8, 4) is 21.7 Å². The molecule has 5 heteroatoms. The summed E-state index contributed by atoms with van der Waals surface area (Å²) >= 11 is 3.14. The smallest absolute Gasteiger partial charge is 0.123 e. The Kier molecular flexibility index (Phi) is 3.42. The third-order valence-corrected chi connectivity index (χ3v) is 4.54. The number of nitrogens with two attached hydrogens (primary N) is 1. The number of nitrogens with zero attached hydrogens (tertiary/aromatic N) is 1. The Balaban J connectivity index is 2.17. The van der Waals surface area contributed by atoms with E-state index in [2.05, 4.69) is 4.98 Å². The molecule has 0 bridgehead atoms. The van der Waals surface area contributed by atoms with Crippen LogP contribution < -0.4 is 5.73 Å². The average molecular weight is 290 g/mol. The lowest BCUT2D eigenvalue weighted by molar-refractivity contribution is 0.628. The minimum Gasteiger partial charge on any atom is -0.325 e. The second-order valence-corrected chi connectivity index (χ2v) is 5.88. The molecule has 2 aromatic heterocycles. The van der Waals surface area contributed by atoms with Crippen LogP contribution in [0.25, 0.3) is 21.7 Å². The van der Waals surface area contributed by atoms with E-state index in [-0.39, 0.29) is 5.82 Å². The van der Waals surface area contributed by atoms with Crippen LogP contribution in [-0.4, -0.2) is 4.98 Å². The van der Waals surface area contributed by atoms with E-state index in [0.717, 1.165) is 26.7 Å². The molecule has 1 aromatic carbocycles. The van der Waals surface area contributed by atoms with Crippen LogP contribution >= 0.6 is 22.7 Å². The predicted molar refractivity (Wildman–Crippen MR) is 78.7 cm³/mol. The number of benzene rings is 1. The molecular formula is C14H11FN2S2. The number of halogens is 1. The van der Waals surface area contributed by atoms with Crippen molar-refractivity contribution < 1.29 is 4.39 Å². The van der Waals surface area contributed by atoms with Crippen LogP contribution in [0.4, 0.5) is 4.39 Å². The van der Waals surface area contributed by atoms with Gasteiger partial charge in [-0.2, -0.15) is 11.3 Å². The molecule has 0 aliphatic heterocycles. The second-order valence-electron chi connectivity index (χ2n) is 4.01. The van der Waals surface area contributed by atoms with Gasteiger partial charge < -0.3 is 5.73 Å². The Bertz CT molecular complexity index is 689. The maximum Gasteiger partial charge on any atom is 0.123 e. The Hall–Kier alpha value is -1.56. The minimum atomic E-state index is -0.239. The minimum absolute atomic E-state index is 0.239. The second kappa shape index (κ2) is 5.21. The predicted octanol–water partition coefficient (Wildman–Crippen LogP) is 4.14. The molecule has 2 heterocycles. The normalized spacial score (nSPS) is 10.8. The quantitative estimate of drug-likeness (QED) is 0.787.